The standard InChI is InChI=1S/C12H12N6O/c1-8-7-10(19)16-17-11(8)9-3-5-13-12(15-9)18-6-2-4-14-18/h2-6,8H,7H2,1H3,(H,16,19). The third kappa shape index (κ3) is 2.22. The van der Waals surface area contributed by atoms with E-state index in [1.54, 1.807) is 35.4 Å². The minimum absolute atomic E-state index is 0.0362. The fourth-order valence-electron chi connectivity index (χ4n) is 1.95. The van der Waals surface area contributed by atoms with Crippen LogP contribution in [0.15, 0.2) is 35.8 Å². The van der Waals surface area contributed by atoms with Crippen molar-refractivity contribution >= 4 is 11.6 Å². The van der Waals surface area contributed by atoms with Gasteiger partial charge < -0.3 is 0 Å². The minimum Gasteiger partial charge on any atom is -0.273 e. The Bertz CT molecular complexity index is 633. The Morgan fingerprint density at radius 2 is 2.32 bits per heavy atom. The van der Waals surface area contributed by atoms with Crippen LogP contribution in [0.1, 0.15) is 19.0 Å². The van der Waals surface area contributed by atoms with Crippen LogP contribution in [0.2, 0.25) is 0 Å². The average Bonchev–Trinajstić information content (AvgIpc) is 2.93. The van der Waals surface area contributed by atoms with E-state index in [0.717, 1.165) is 5.71 Å². The van der Waals surface area contributed by atoms with Gasteiger partial charge in [-0.2, -0.15) is 10.2 Å². The van der Waals surface area contributed by atoms with Crippen LogP contribution < -0.4 is 5.43 Å². The second-order valence-electron chi connectivity index (χ2n) is 4.33. The number of amides is 1. The van der Waals surface area contributed by atoms with E-state index in [4.69, 9.17) is 0 Å². The smallest absolute Gasteiger partial charge is 0.251 e. The maximum absolute atomic E-state index is 11.2. The molecular weight excluding hydrogens is 244 g/mol. The lowest BCUT2D eigenvalue weighted by Crippen LogP contribution is -2.32. The fraction of sp³-hybridized carbons (Fsp3) is 0.250. The Labute approximate surface area is 109 Å². The van der Waals surface area contributed by atoms with Gasteiger partial charge in [-0.3, -0.25) is 4.79 Å². The van der Waals surface area contributed by atoms with Crippen molar-refractivity contribution in [3.05, 3.63) is 36.4 Å². The molecule has 1 aliphatic heterocycles. The maximum Gasteiger partial charge on any atom is 0.251 e. The molecule has 1 amide bonds. The number of nitrogens with one attached hydrogen (secondary N) is 1. The summed E-state index contributed by atoms with van der Waals surface area (Å²) >= 11 is 0. The summed E-state index contributed by atoms with van der Waals surface area (Å²) in [5, 5.41) is 8.17. The maximum atomic E-state index is 11.2. The lowest BCUT2D eigenvalue weighted by atomic mass is 9.97. The van der Waals surface area contributed by atoms with Crippen molar-refractivity contribution in [2.45, 2.75) is 13.3 Å². The van der Waals surface area contributed by atoms with Crippen molar-refractivity contribution in [3.63, 3.8) is 0 Å². The molecule has 0 radical (unpaired) electrons. The third-order valence-electron chi connectivity index (χ3n) is 2.87. The Hall–Kier alpha value is -2.57. The van der Waals surface area contributed by atoms with E-state index in [1.807, 2.05) is 6.92 Å². The zero-order chi connectivity index (χ0) is 13.2. The van der Waals surface area contributed by atoms with Gasteiger partial charge in [0.1, 0.15) is 0 Å². The number of aromatic nitrogens is 4. The summed E-state index contributed by atoms with van der Waals surface area (Å²) in [6, 6.07) is 3.58. The quantitative estimate of drug-likeness (QED) is 0.849. The summed E-state index contributed by atoms with van der Waals surface area (Å²) in [6.45, 7) is 1.95. The van der Waals surface area contributed by atoms with Crippen molar-refractivity contribution in [2.24, 2.45) is 11.0 Å². The number of hydrazone groups is 1. The Morgan fingerprint density at radius 1 is 1.42 bits per heavy atom. The SMILES string of the molecule is CC1CC(=O)NN=C1c1ccnc(-n2cccn2)n1. The molecule has 3 heterocycles. The van der Waals surface area contributed by atoms with E-state index in [1.165, 1.54) is 0 Å². The van der Waals surface area contributed by atoms with Crippen LogP contribution in [0.25, 0.3) is 5.95 Å². The monoisotopic (exact) mass is 256 g/mol. The van der Waals surface area contributed by atoms with Gasteiger partial charge in [0.25, 0.3) is 5.95 Å². The van der Waals surface area contributed by atoms with E-state index < -0.39 is 0 Å². The van der Waals surface area contributed by atoms with E-state index >= 15 is 0 Å². The highest BCUT2D eigenvalue weighted by molar-refractivity contribution is 6.04. The van der Waals surface area contributed by atoms with Gasteiger partial charge in [0.15, 0.2) is 0 Å². The van der Waals surface area contributed by atoms with Gasteiger partial charge in [-0.1, -0.05) is 6.92 Å². The molecule has 7 heteroatoms. The number of carbonyl (C=O) groups excluding carboxylic acids is 1. The largest absolute Gasteiger partial charge is 0.273 e. The first-order valence-electron chi connectivity index (χ1n) is 5.94. The summed E-state index contributed by atoms with van der Waals surface area (Å²) < 4.78 is 1.58. The highest BCUT2D eigenvalue weighted by Gasteiger charge is 2.22. The van der Waals surface area contributed by atoms with Crippen molar-refractivity contribution in [1.82, 2.24) is 25.2 Å². The van der Waals surface area contributed by atoms with Gasteiger partial charge in [-0.15, -0.1) is 0 Å². The summed E-state index contributed by atoms with van der Waals surface area (Å²) in [5.74, 6) is 0.445. The van der Waals surface area contributed by atoms with Crippen LogP contribution >= 0.6 is 0 Å². The first-order valence-corrected chi connectivity index (χ1v) is 5.94. The third-order valence-corrected chi connectivity index (χ3v) is 2.87. The molecule has 7 nitrogen and oxygen atoms in total. The molecule has 1 aliphatic rings. The number of hydrogen-bond donors (Lipinski definition) is 1. The van der Waals surface area contributed by atoms with Crippen LogP contribution in [0.4, 0.5) is 0 Å². The van der Waals surface area contributed by atoms with Gasteiger partial charge in [0.2, 0.25) is 5.91 Å². The van der Waals surface area contributed by atoms with Gasteiger partial charge in [-0.25, -0.2) is 20.1 Å². The highest BCUT2D eigenvalue weighted by Crippen LogP contribution is 2.15. The summed E-state index contributed by atoms with van der Waals surface area (Å²) in [7, 11) is 0. The number of rotatable bonds is 2. The lowest BCUT2D eigenvalue weighted by molar-refractivity contribution is -0.121. The van der Waals surface area contributed by atoms with Crippen LogP contribution in [0, 0.1) is 5.92 Å². The molecule has 0 aromatic carbocycles. The molecule has 2 aromatic rings. The molecule has 1 unspecified atom stereocenters. The van der Waals surface area contributed by atoms with Gasteiger partial charge in [0.05, 0.1) is 11.4 Å². The molecular formula is C12H12N6O. The van der Waals surface area contributed by atoms with Crippen molar-refractivity contribution in [3.8, 4) is 5.95 Å². The first-order chi connectivity index (χ1) is 9.24. The second-order valence-corrected chi connectivity index (χ2v) is 4.33. The molecule has 19 heavy (non-hydrogen) atoms. The van der Waals surface area contributed by atoms with E-state index in [-0.39, 0.29) is 11.8 Å². The van der Waals surface area contributed by atoms with Crippen LogP contribution in [-0.4, -0.2) is 31.4 Å². The molecule has 1 N–H and O–H groups in total. The van der Waals surface area contributed by atoms with Crippen molar-refractivity contribution in [2.75, 3.05) is 0 Å². The highest BCUT2D eigenvalue weighted by atomic mass is 16.2. The number of nitrogens with zero attached hydrogens (tertiary/aromatic N) is 5. The zero-order valence-corrected chi connectivity index (χ0v) is 10.3. The van der Waals surface area contributed by atoms with Crippen LogP contribution in [-0.2, 0) is 4.79 Å². The van der Waals surface area contributed by atoms with Crippen molar-refractivity contribution in [1.29, 1.82) is 0 Å². The summed E-state index contributed by atoms with van der Waals surface area (Å²) in [5.41, 5.74) is 3.94. The van der Waals surface area contributed by atoms with Gasteiger partial charge >= 0.3 is 0 Å². The fourth-order valence-corrected chi connectivity index (χ4v) is 1.95. The molecule has 2 aromatic heterocycles. The van der Waals surface area contributed by atoms with Gasteiger partial charge in [0, 0.05) is 30.9 Å². The Morgan fingerprint density at radius 3 is 3.05 bits per heavy atom. The molecule has 0 aliphatic carbocycles. The molecule has 0 saturated carbocycles. The zero-order valence-electron chi connectivity index (χ0n) is 10.3. The van der Waals surface area contributed by atoms with Crippen LogP contribution in [0.3, 0.4) is 0 Å². The summed E-state index contributed by atoms with van der Waals surface area (Å²) in [6.07, 6.45) is 5.51. The molecule has 1 atom stereocenters. The minimum atomic E-state index is -0.0717. The molecule has 0 bridgehead atoms. The molecule has 0 fully saturated rings. The number of hydrogen-bond acceptors (Lipinski definition) is 5. The Kier molecular flexibility index (Phi) is 2.79. The first kappa shape index (κ1) is 11.5. The van der Waals surface area contributed by atoms with E-state index in [0.29, 0.717) is 18.1 Å². The second kappa shape index (κ2) is 4.60. The molecule has 0 spiro atoms. The number of carbonyl (C=O) groups is 1. The van der Waals surface area contributed by atoms with Crippen molar-refractivity contribution < 1.29 is 4.79 Å². The average molecular weight is 256 g/mol. The molecule has 3 rings (SSSR count). The predicted molar refractivity (Wildman–Crippen MR) is 67.6 cm³/mol. The van der Waals surface area contributed by atoms with E-state index in [9.17, 15) is 4.79 Å². The predicted octanol–water partition coefficient (Wildman–Crippen LogP) is 0.522. The normalized spacial score (nSPS) is 18.9. The van der Waals surface area contributed by atoms with Gasteiger partial charge in [-0.05, 0) is 12.1 Å². The molecule has 0 saturated heterocycles. The van der Waals surface area contributed by atoms with E-state index in [2.05, 4.69) is 25.6 Å². The Balaban J connectivity index is 1.98. The topological polar surface area (TPSA) is 85.1 Å². The summed E-state index contributed by atoms with van der Waals surface area (Å²) in [4.78, 5) is 19.8. The lowest BCUT2D eigenvalue weighted by Gasteiger charge is -2.18. The van der Waals surface area contributed by atoms with Crippen LogP contribution in [0.5, 0.6) is 0 Å². The molecule has 96 valence electrons.